The summed E-state index contributed by atoms with van der Waals surface area (Å²) in [6.45, 7) is 2.46. The summed E-state index contributed by atoms with van der Waals surface area (Å²) >= 11 is 0. The van der Waals surface area contributed by atoms with Gasteiger partial charge in [-0.25, -0.2) is 0 Å². The number of carbonyl (C=O) groups excluding carboxylic acids is 1. The fourth-order valence-corrected chi connectivity index (χ4v) is 5.02. The number of hydrogen-bond acceptors (Lipinski definition) is 7. The van der Waals surface area contributed by atoms with Crippen molar-refractivity contribution in [2.75, 3.05) is 32.1 Å². The first-order valence-electron chi connectivity index (χ1n) is 12.8. The molecule has 9 heteroatoms. The van der Waals surface area contributed by atoms with Gasteiger partial charge in [0.2, 0.25) is 5.91 Å². The molecule has 2 aromatic rings. The van der Waals surface area contributed by atoms with E-state index >= 15 is 0 Å². The third-order valence-corrected chi connectivity index (χ3v) is 6.92. The molecule has 0 aliphatic carbocycles. The molecule has 2 aliphatic rings. The summed E-state index contributed by atoms with van der Waals surface area (Å²) in [4.78, 5) is 25.4. The highest BCUT2D eigenvalue weighted by atomic mass is 16.7. The molecule has 0 bridgehead atoms. The van der Waals surface area contributed by atoms with E-state index in [0.29, 0.717) is 24.8 Å². The van der Waals surface area contributed by atoms with E-state index in [1.165, 1.54) is 0 Å². The van der Waals surface area contributed by atoms with Crippen molar-refractivity contribution in [2.45, 2.75) is 63.3 Å². The number of hydrogen-bond donors (Lipinski definition) is 3. The topological polar surface area (TPSA) is 118 Å². The molecule has 2 heterocycles. The van der Waals surface area contributed by atoms with E-state index < -0.39 is 12.3 Å². The van der Waals surface area contributed by atoms with Gasteiger partial charge in [-0.15, -0.1) is 0 Å². The zero-order valence-electron chi connectivity index (χ0n) is 21.2. The fourth-order valence-electron chi connectivity index (χ4n) is 5.02. The van der Waals surface area contributed by atoms with Crippen molar-refractivity contribution >= 4 is 17.6 Å². The number of benzene rings is 2. The van der Waals surface area contributed by atoms with Crippen molar-refractivity contribution in [3.63, 3.8) is 0 Å². The Morgan fingerprint density at radius 3 is 2.65 bits per heavy atom. The molecule has 9 nitrogen and oxygen atoms in total. The predicted molar refractivity (Wildman–Crippen MR) is 137 cm³/mol. The third-order valence-electron chi connectivity index (χ3n) is 6.92. The first-order chi connectivity index (χ1) is 17.9. The molecule has 0 saturated carbocycles. The average Bonchev–Trinajstić information content (AvgIpc) is 3.34. The molecule has 2 fully saturated rings. The number of carbonyl (C=O) groups is 2. The van der Waals surface area contributed by atoms with Gasteiger partial charge in [-0.3, -0.25) is 14.5 Å². The van der Waals surface area contributed by atoms with Crippen molar-refractivity contribution in [3.8, 4) is 0 Å². The van der Waals surface area contributed by atoms with Gasteiger partial charge in [0.1, 0.15) is 0 Å². The van der Waals surface area contributed by atoms with Crippen LogP contribution < -0.4 is 5.32 Å². The Labute approximate surface area is 217 Å². The second-order valence-electron chi connectivity index (χ2n) is 9.66. The second-order valence-corrected chi connectivity index (χ2v) is 9.66. The van der Waals surface area contributed by atoms with Crippen LogP contribution >= 0.6 is 0 Å². The lowest BCUT2D eigenvalue weighted by Gasteiger charge is -2.39. The van der Waals surface area contributed by atoms with E-state index in [2.05, 4.69) is 10.2 Å². The van der Waals surface area contributed by atoms with Crippen LogP contribution in [0.1, 0.15) is 61.2 Å². The summed E-state index contributed by atoms with van der Waals surface area (Å²) in [5.41, 5.74) is 3.19. The second kappa shape index (κ2) is 13.1. The van der Waals surface area contributed by atoms with E-state index in [0.717, 1.165) is 42.6 Å². The number of carboxylic acids is 1. The minimum atomic E-state index is -1.01. The zero-order valence-corrected chi connectivity index (χ0v) is 21.2. The van der Waals surface area contributed by atoms with Gasteiger partial charge >= 0.3 is 5.97 Å². The first-order valence-corrected chi connectivity index (χ1v) is 12.8. The quantitative estimate of drug-likeness (QED) is 0.418. The van der Waals surface area contributed by atoms with E-state index in [-0.39, 0.29) is 37.6 Å². The molecule has 3 N–H and O–H groups in total. The van der Waals surface area contributed by atoms with Crippen LogP contribution in [-0.4, -0.2) is 65.9 Å². The van der Waals surface area contributed by atoms with Gasteiger partial charge < -0.3 is 29.7 Å². The van der Waals surface area contributed by atoms with E-state index in [1.807, 2.05) is 36.4 Å². The molecule has 1 amide bonds. The number of aliphatic hydroxyl groups excluding tert-OH is 1. The molecule has 2 saturated heterocycles. The van der Waals surface area contributed by atoms with Crippen molar-refractivity contribution in [2.24, 2.45) is 0 Å². The Bertz CT molecular complexity index is 1050. The van der Waals surface area contributed by atoms with E-state index in [1.54, 1.807) is 19.2 Å². The number of nitrogens with one attached hydrogen (secondary N) is 1. The number of amides is 1. The molecule has 4 unspecified atom stereocenters. The number of anilines is 1. The number of methoxy groups -OCH3 is 1. The molecule has 200 valence electrons. The Morgan fingerprint density at radius 2 is 1.92 bits per heavy atom. The number of likely N-dealkylation sites (tertiary alicyclic amines) is 1. The number of aliphatic carboxylic acids is 1. The van der Waals surface area contributed by atoms with Gasteiger partial charge in [0.05, 0.1) is 31.8 Å². The normalized spacial score (nSPS) is 24.2. The molecule has 0 aromatic heterocycles. The highest BCUT2D eigenvalue weighted by Gasteiger charge is 2.35. The van der Waals surface area contributed by atoms with Crippen LogP contribution in [0.5, 0.6) is 0 Å². The molecule has 4 rings (SSSR count). The van der Waals surface area contributed by atoms with Crippen molar-refractivity contribution in [3.05, 3.63) is 65.2 Å². The highest BCUT2D eigenvalue weighted by molar-refractivity contribution is 5.92. The monoisotopic (exact) mass is 512 g/mol. The van der Waals surface area contributed by atoms with Gasteiger partial charge in [0.25, 0.3) is 0 Å². The van der Waals surface area contributed by atoms with Crippen LogP contribution in [0.4, 0.5) is 5.69 Å². The van der Waals surface area contributed by atoms with Gasteiger partial charge in [-0.1, -0.05) is 36.4 Å². The number of aliphatic hydroxyl groups is 1. The molecular formula is C28H36N2O7. The van der Waals surface area contributed by atoms with Crippen LogP contribution in [0, 0.1) is 0 Å². The summed E-state index contributed by atoms with van der Waals surface area (Å²) in [5, 5.41) is 21.0. The van der Waals surface area contributed by atoms with Crippen LogP contribution in [0.15, 0.2) is 48.5 Å². The smallest absolute Gasteiger partial charge is 0.303 e. The summed E-state index contributed by atoms with van der Waals surface area (Å²) < 4.78 is 18.3. The van der Waals surface area contributed by atoms with Gasteiger partial charge in [0, 0.05) is 43.8 Å². The van der Waals surface area contributed by atoms with Gasteiger partial charge in [-0.2, -0.15) is 0 Å². The number of rotatable bonds is 11. The molecule has 0 spiro atoms. The summed E-state index contributed by atoms with van der Waals surface area (Å²) in [7, 11) is 1.73. The van der Waals surface area contributed by atoms with Crippen molar-refractivity contribution in [1.29, 1.82) is 0 Å². The Balaban J connectivity index is 1.51. The van der Waals surface area contributed by atoms with Crippen LogP contribution in [-0.2, 0) is 30.4 Å². The molecular weight excluding hydrogens is 476 g/mol. The summed E-state index contributed by atoms with van der Waals surface area (Å²) in [6.07, 6.45) is 1.70. The molecule has 2 aliphatic heterocycles. The molecule has 0 radical (unpaired) electrons. The maximum atomic E-state index is 12.2. The fraction of sp³-hybridized carbons (Fsp3) is 0.500. The number of carboxylic acid groups (broad SMARTS) is 1. The zero-order chi connectivity index (χ0) is 26.2. The summed E-state index contributed by atoms with van der Waals surface area (Å²) in [5.74, 6) is -1.37. The Kier molecular flexibility index (Phi) is 9.65. The largest absolute Gasteiger partial charge is 0.481 e. The summed E-state index contributed by atoms with van der Waals surface area (Å²) in [6, 6.07) is 15.4. The van der Waals surface area contributed by atoms with Crippen molar-refractivity contribution < 1.29 is 34.0 Å². The predicted octanol–water partition coefficient (Wildman–Crippen LogP) is 3.64. The lowest BCUT2D eigenvalue weighted by molar-refractivity contribution is -0.253. The highest BCUT2D eigenvalue weighted by Crippen LogP contribution is 2.39. The first kappa shape index (κ1) is 27.2. The minimum Gasteiger partial charge on any atom is -0.481 e. The molecule has 4 atom stereocenters. The van der Waals surface area contributed by atoms with E-state index in [9.17, 15) is 14.7 Å². The lowest BCUT2D eigenvalue weighted by Crippen LogP contribution is -2.42. The van der Waals surface area contributed by atoms with Crippen molar-refractivity contribution in [1.82, 2.24) is 4.90 Å². The maximum Gasteiger partial charge on any atom is 0.303 e. The SMILES string of the molecule is COCC1CCCN1CC1CC(c2ccc(CO)cc2)OC(c2cccc(NC(=O)CCC(=O)O)c2)O1. The molecule has 37 heavy (non-hydrogen) atoms. The van der Waals surface area contributed by atoms with Crippen LogP contribution in [0.25, 0.3) is 0 Å². The maximum absolute atomic E-state index is 12.2. The Hall–Kier alpha value is -2.82. The van der Waals surface area contributed by atoms with E-state index in [4.69, 9.17) is 19.3 Å². The number of ether oxygens (including phenoxy) is 3. The molecule has 2 aromatic carbocycles. The van der Waals surface area contributed by atoms with Crippen LogP contribution in [0.2, 0.25) is 0 Å². The number of nitrogens with zero attached hydrogens (tertiary/aromatic N) is 1. The van der Waals surface area contributed by atoms with Gasteiger partial charge in [-0.05, 0) is 42.6 Å². The minimum absolute atomic E-state index is 0.0129. The average molecular weight is 513 g/mol. The van der Waals surface area contributed by atoms with Crippen LogP contribution in [0.3, 0.4) is 0 Å². The lowest BCUT2D eigenvalue weighted by atomic mass is 9.99. The van der Waals surface area contributed by atoms with Gasteiger partial charge in [0.15, 0.2) is 6.29 Å². The Morgan fingerprint density at radius 1 is 1.11 bits per heavy atom. The standard InChI is InChI=1S/C28H36N2O7/c1-35-18-23-6-3-13-30(23)16-24-15-25(20-9-7-19(17-31)8-10-20)37-28(36-24)21-4-2-5-22(14-21)29-26(32)11-12-27(33)34/h2,4-5,7-10,14,23-25,28,31H,3,6,11-13,15-18H2,1H3,(H,29,32)(H,33,34). The third kappa shape index (κ3) is 7.59.